The Balaban J connectivity index is 5.21. The van der Waals surface area contributed by atoms with E-state index in [0.717, 1.165) is 0 Å². The molecule has 0 aliphatic carbocycles. The van der Waals surface area contributed by atoms with Crippen LogP contribution in [0.15, 0.2) is 0 Å². The van der Waals surface area contributed by atoms with Crippen LogP contribution >= 0.6 is 11.1 Å². The summed E-state index contributed by atoms with van der Waals surface area (Å²) in [4.78, 5) is 0. The predicted octanol–water partition coefficient (Wildman–Crippen LogP) is 5.87. The summed E-state index contributed by atoms with van der Waals surface area (Å²) in [6.07, 6.45) is 1.21. The first kappa shape index (κ1) is 16.5. The molecule has 97 valence electrons. The van der Waals surface area contributed by atoms with E-state index in [1.807, 2.05) is 0 Å². The standard InChI is InChI=1S/C14H30ClSi/c1-11(2)16(15)14(9,13(6,7)8)10-12(3,4)5/h11H,10H2,1-9H3. The lowest BCUT2D eigenvalue weighted by Crippen LogP contribution is -2.41. The van der Waals surface area contributed by atoms with Crippen LogP contribution in [-0.4, -0.2) is 8.11 Å². The quantitative estimate of drug-likeness (QED) is 0.440. The highest BCUT2D eigenvalue weighted by Gasteiger charge is 2.47. The smallest absolute Gasteiger partial charge is 0.168 e. The maximum Gasteiger partial charge on any atom is 0.174 e. The molecule has 0 aliphatic heterocycles. The summed E-state index contributed by atoms with van der Waals surface area (Å²) in [5.74, 6) is 0. The van der Waals surface area contributed by atoms with Gasteiger partial charge in [0.15, 0.2) is 8.11 Å². The third-order valence-electron chi connectivity index (χ3n) is 3.57. The van der Waals surface area contributed by atoms with Gasteiger partial charge in [-0.25, -0.2) is 0 Å². The Kier molecular flexibility index (Phi) is 5.17. The Bertz CT molecular complexity index is 222. The molecule has 0 spiro atoms. The van der Waals surface area contributed by atoms with E-state index in [1.165, 1.54) is 6.42 Å². The summed E-state index contributed by atoms with van der Waals surface area (Å²) in [5, 5.41) is 0.269. The minimum absolute atomic E-state index is 0.269. The highest BCUT2D eigenvalue weighted by molar-refractivity contribution is 7.09. The molecule has 16 heavy (non-hydrogen) atoms. The normalized spacial score (nSPS) is 18.0. The van der Waals surface area contributed by atoms with Gasteiger partial charge < -0.3 is 0 Å². The second kappa shape index (κ2) is 5.02. The van der Waals surface area contributed by atoms with Gasteiger partial charge in [0, 0.05) is 0 Å². The Morgan fingerprint density at radius 3 is 1.50 bits per heavy atom. The van der Waals surface area contributed by atoms with Crippen LogP contribution in [-0.2, 0) is 0 Å². The lowest BCUT2D eigenvalue weighted by molar-refractivity contribution is 0.193. The zero-order chi connectivity index (χ0) is 13.4. The molecule has 0 aromatic rings. The summed E-state index contributed by atoms with van der Waals surface area (Å²) >= 11 is 6.82. The minimum atomic E-state index is -0.862. The van der Waals surface area contributed by atoms with Gasteiger partial charge in [-0.1, -0.05) is 62.3 Å². The molecular weight excluding hydrogens is 232 g/mol. The van der Waals surface area contributed by atoms with Crippen LogP contribution in [0.4, 0.5) is 0 Å². The van der Waals surface area contributed by atoms with Gasteiger partial charge in [0.1, 0.15) is 0 Å². The van der Waals surface area contributed by atoms with Crippen molar-refractivity contribution in [3.63, 3.8) is 0 Å². The Morgan fingerprint density at radius 1 is 0.938 bits per heavy atom. The number of hydrogen-bond donors (Lipinski definition) is 0. The van der Waals surface area contributed by atoms with Crippen LogP contribution in [0.25, 0.3) is 0 Å². The molecule has 0 heterocycles. The lowest BCUT2D eigenvalue weighted by Gasteiger charge is -2.49. The topological polar surface area (TPSA) is 0 Å². The molecule has 0 aromatic carbocycles. The maximum absolute atomic E-state index is 6.82. The van der Waals surface area contributed by atoms with E-state index >= 15 is 0 Å². The molecule has 0 aromatic heterocycles. The fraction of sp³-hybridized carbons (Fsp3) is 1.00. The van der Waals surface area contributed by atoms with Crippen molar-refractivity contribution >= 4 is 19.2 Å². The maximum atomic E-state index is 6.82. The predicted molar refractivity (Wildman–Crippen MR) is 78.6 cm³/mol. The molecule has 0 aliphatic rings. The van der Waals surface area contributed by atoms with Crippen molar-refractivity contribution in [3.8, 4) is 0 Å². The highest BCUT2D eigenvalue weighted by Crippen LogP contribution is 2.57. The van der Waals surface area contributed by atoms with E-state index in [-0.39, 0.29) is 10.5 Å². The van der Waals surface area contributed by atoms with Crippen molar-refractivity contribution in [2.45, 2.75) is 79.3 Å². The highest BCUT2D eigenvalue weighted by atomic mass is 35.6. The summed E-state index contributed by atoms with van der Waals surface area (Å²) in [5.41, 5.74) is 1.25. The summed E-state index contributed by atoms with van der Waals surface area (Å²) < 4.78 is 0. The molecule has 0 saturated carbocycles. The van der Waals surface area contributed by atoms with Crippen molar-refractivity contribution in [3.05, 3.63) is 0 Å². The van der Waals surface area contributed by atoms with E-state index in [4.69, 9.17) is 11.1 Å². The fourth-order valence-electron chi connectivity index (χ4n) is 2.41. The van der Waals surface area contributed by atoms with Gasteiger partial charge in [-0.15, -0.1) is 0 Å². The van der Waals surface area contributed by atoms with E-state index in [0.29, 0.717) is 11.0 Å². The first-order valence-corrected chi connectivity index (χ1v) is 8.93. The molecule has 1 unspecified atom stereocenters. The third-order valence-corrected chi connectivity index (χ3v) is 9.13. The molecule has 0 nitrogen and oxygen atoms in total. The van der Waals surface area contributed by atoms with E-state index in [9.17, 15) is 0 Å². The van der Waals surface area contributed by atoms with Crippen LogP contribution in [0.2, 0.25) is 10.6 Å². The SMILES string of the molecule is CC(C)[Si](Cl)C(C)(CC(C)(C)C)C(C)(C)C. The average Bonchev–Trinajstić information content (AvgIpc) is 1.97. The van der Waals surface area contributed by atoms with E-state index in [1.54, 1.807) is 0 Å². The Hall–Kier alpha value is 0.507. The molecule has 0 amide bonds. The summed E-state index contributed by atoms with van der Waals surface area (Å²) in [6.45, 7) is 20.9. The van der Waals surface area contributed by atoms with Crippen molar-refractivity contribution in [1.29, 1.82) is 0 Å². The zero-order valence-corrected chi connectivity index (χ0v) is 14.4. The number of halogens is 1. The van der Waals surface area contributed by atoms with Gasteiger partial charge in [-0.05, 0) is 27.8 Å². The van der Waals surface area contributed by atoms with Crippen LogP contribution in [0.1, 0.15) is 68.7 Å². The second-order valence-corrected chi connectivity index (χ2v) is 12.0. The average molecular weight is 262 g/mol. The summed E-state index contributed by atoms with van der Waals surface area (Å²) in [6, 6.07) is 0. The van der Waals surface area contributed by atoms with Gasteiger partial charge in [0.25, 0.3) is 0 Å². The lowest BCUT2D eigenvalue weighted by atomic mass is 9.72. The first-order chi connectivity index (χ1) is 6.81. The molecule has 0 N–H and O–H groups in total. The van der Waals surface area contributed by atoms with Gasteiger partial charge in [-0.3, -0.25) is 0 Å². The van der Waals surface area contributed by atoms with Crippen LogP contribution in [0.3, 0.4) is 0 Å². The van der Waals surface area contributed by atoms with Gasteiger partial charge >= 0.3 is 0 Å². The Morgan fingerprint density at radius 2 is 1.31 bits per heavy atom. The second-order valence-electron chi connectivity index (χ2n) is 7.82. The largest absolute Gasteiger partial charge is 0.174 e. The Labute approximate surface area is 109 Å². The van der Waals surface area contributed by atoms with Crippen molar-refractivity contribution in [2.75, 3.05) is 0 Å². The minimum Gasteiger partial charge on any atom is -0.168 e. The van der Waals surface area contributed by atoms with Gasteiger partial charge in [0.05, 0.1) is 0 Å². The van der Waals surface area contributed by atoms with E-state index in [2.05, 4.69) is 62.3 Å². The third kappa shape index (κ3) is 4.07. The molecule has 1 radical (unpaired) electrons. The van der Waals surface area contributed by atoms with Crippen LogP contribution in [0.5, 0.6) is 0 Å². The van der Waals surface area contributed by atoms with E-state index < -0.39 is 8.11 Å². The zero-order valence-electron chi connectivity index (χ0n) is 12.7. The fourth-order valence-corrected chi connectivity index (χ4v) is 6.15. The molecule has 0 fully saturated rings. The molecule has 0 saturated heterocycles. The molecule has 0 rings (SSSR count). The number of rotatable bonds is 3. The van der Waals surface area contributed by atoms with Crippen LogP contribution in [0, 0.1) is 10.8 Å². The monoisotopic (exact) mass is 261 g/mol. The van der Waals surface area contributed by atoms with Crippen molar-refractivity contribution < 1.29 is 0 Å². The number of hydrogen-bond acceptors (Lipinski definition) is 0. The summed E-state index contributed by atoms with van der Waals surface area (Å²) in [7, 11) is -0.862. The molecule has 2 heteroatoms. The van der Waals surface area contributed by atoms with Crippen molar-refractivity contribution in [1.82, 2.24) is 0 Å². The van der Waals surface area contributed by atoms with Gasteiger partial charge in [-0.2, -0.15) is 11.1 Å². The molecular formula is C14H30ClSi. The molecule has 1 atom stereocenters. The first-order valence-electron chi connectivity index (χ1n) is 6.34. The van der Waals surface area contributed by atoms with Crippen molar-refractivity contribution in [2.24, 2.45) is 10.8 Å². The van der Waals surface area contributed by atoms with Gasteiger partial charge in [0.2, 0.25) is 0 Å². The van der Waals surface area contributed by atoms with Crippen LogP contribution < -0.4 is 0 Å². The molecule has 0 bridgehead atoms.